The van der Waals surface area contributed by atoms with Gasteiger partial charge in [-0.15, -0.1) is 0 Å². The maximum absolute atomic E-state index is 13.7. The highest BCUT2D eigenvalue weighted by atomic mass is 35.5. The summed E-state index contributed by atoms with van der Waals surface area (Å²) in [6, 6.07) is 9.62. The van der Waals surface area contributed by atoms with Gasteiger partial charge in [0, 0.05) is 31.7 Å². The molecule has 130 valence electrons. The van der Waals surface area contributed by atoms with Crippen molar-refractivity contribution in [2.75, 3.05) is 26.2 Å². The van der Waals surface area contributed by atoms with Gasteiger partial charge in [-0.05, 0) is 30.3 Å². The molecular formula is C18H15ClF2N2O2. The summed E-state index contributed by atoms with van der Waals surface area (Å²) in [5, 5.41) is -0.112. The van der Waals surface area contributed by atoms with Crippen molar-refractivity contribution in [3.8, 4) is 0 Å². The van der Waals surface area contributed by atoms with Gasteiger partial charge >= 0.3 is 0 Å². The van der Waals surface area contributed by atoms with Gasteiger partial charge in [-0.2, -0.15) is 0 Å². The molecule has 0 unspecified atom stereocenters. The normalized spacial score (nSPS) is 14.5. The molecule has 25 heavy (non-hydrogen) atoms. The lowest BCUT2D eigenvalue weighted by atomic mass is 10.1. The van der Waals surface area contributed by atoms with Crippen LogP contribution in [-0.4, -0.2) is 47.8 Å². The fourth-order valence-electron chi connectivity index (χ4n) is 2.73. The summed E-state index contributed by atoms with van der Waals surface area (Å²) in [4.78, 5) is 27.9. The Morgan fingerprint density at radius 1 is 0.840 bits per heavy atom. The highest BCUT2D eigenvalue weighted by molar-refractivity contribution is 6.31. The van der Waals surface area contributed by atoms with Gasteiger partial charge in [0.25, 0.3) is 11.8 Å². The van der Waals surface area contributed by atoms with E-state index in [9.17, 15) is 18.4 Å². The summed E-state index contributed by atoms with van der Waals surface area (Å²) in [6.45, 7) is 1.23. The van der Waals surface area contributed by atoms with Crippen LogP contribution in [0.4, 0.5) is 8.78 Å². The highest BCUT2D eigenvalue weighted by Gasteiger charge is 2.26. The maximum atomic E-state index is 13.7. The first-order valence-electron chi connectivity index (χ1n) is 7.75. The summed E-state index contributed by atoms with van der Waals surface area (Å²) in [7, 11) is 0. The number of carbonyl (C=O) groups is 2. The fraction of sp³-hybridized carbons (Fsp3) is 0.222. The first kappa shape index (κ1) is 17.4. The van der Waals surface area contributed by atoms with Crippen molar-refractivity contribution in [2.45, 2.75) is 0 Å². The lowest BCUT2D eigenvalue weighted by Crippen LogP contribution is -2.50. The Balaban J connectivity index is 1.65. The summed E-state index contributed by atoms with van der Waals surface area (Å²) in [5.41, 5.74) is 0.313. The molecule has 0 bridgehead atoms. The number of halogens is 3. The van der Waals surface area contributed by atoms with Gasteiger partial charge in [-0.25, -0.2) is 8.78 Å². The zero-order valence-corrected chi connectivity index (χ0v) is 14.0. The van der Waals surface area contributed by atoms with Gasteiger partial charge in [-0.1, -0.05) is 23.7 Å². The number of benzene rings is 2. The molecule has 0 aliphatic carbocycles. The number of carbonyl (C=O) groups excluding carboxylic acids is 2. The van der Waals surface area contributed by atoms with Crippen molar-refractivity contribution in [3.05, 3.63) is 70.2 Å². The van der Waals surface area contributed by atoms with Gasteiger partial charge in [0.05, 0.1) is 10.6 Å². The van der Waals surface area contributed by atoms with Crippen LogP contribution in [0, 0.1) is 11.6 Å². The van der Waals surface area contributed by atoms with Crippen LogP contribution in [0.25, 0.3) is 0 Å². The largest absolute Gasteiger partial charge is 0.335 e. The molecule has 1 heterocycles. The summed E-state index contributed by atoms with van der Waals surface area (Å²) < 4.78 is 26.9. The van der Waals surface area contributed by atoms with Crippen LogP contribution in [0.3, 0.4) is 0 Å². The molecule has 0 saturated carbocycles. The number of hydrogen-bond acceptors (Lipinski definition) is 2. The van der Waals surface area contributed by atoms with Crippen molar-refractivity contribution in [2.24, 2.45) is 0 Å². The third-order valence-corrected chi connectivity index (χ3v) is 4.41. The molecule has 0 spiro atoms. The molecule has 2 aromatic rings. The fourth-order valence-corrected chi connectivity index (χ4v) is 2.91. The number of piperazine rings is 1. The number of amides is 2. The minimum Gasteiger partial charge on any atom is -0.335 e. The van der Waals surface area contributed by atoms with Gasteiger partial charge in [-0.3, -0.25) is 9.59 Å². The molecule has 1 saturated heterocycles. The third-order valence-electron chi connectivity index (χ3n) is 4.12. The van der Waals surface area contributed by atoms with Crippen LogP contribution in [0.15, 0.2) is 42.5 Å². The molecule has 0 N–H and O–H groups in total. The Hall–Kier alpha value is -2.47. The number of nitrogens with zero attached hydrogens (tertiary/aromatic N) is 2. The second kappa shape index (κ2) is 7.19. The van der Waals surface area contributed by atoms with E-state index in [1.54, 1.807) is 11.0 Å². The minimum atomic E-state index is -0.585. The van der Waals surface area contributed by atoms with E-state index in [2.05, 4.69) is 0 Å². The zero-order valence-electron chi connectivity index (χ0n) is 13.2. The number of rotatable bonds is 2. The van der Waals surface area contributed by atoms with Crippen molar-refractivity contribution < 1.29 is 18.4 Å². The Morgan fingerprint density at radius 2 is 1.44 bits per heavy atom. The first-order chi connectivity index (χ1) is 12.0. The second-order valence-corrected chi connectivity index (χ2v) is 6.10. The maximum Gasteiger partial charge on any atom is 0.256 e. The van der Waals surface area contributed by atoms with E-state index < -0.39 is 17.5 Å². The molecule has 0 radical (unpaired) electrons. The van der Waals surface area contributed by atoms with E-state index >= 15 is 0 Å². The Morgan fingerprint density at radius 3 is 2.04 bits per heavy atom. The summed E-state index contributed by atoms with van der Waals surface area (Å²) in [6.07, 6.45) is 0. The Kier molecular flexibility index (Phi) is 4.99. The van der Waals surface area contributed by atoms with Gasteiger partial charge < -0.3 is 9.80 Å². The van der Waals surface area contributed by atoms with Crippen molar-refractivity contribution in [3.63, 3.8) is 0 Å². The Bertz CT molecular complexity index is 820. The average Bonchev–Trinajstić information content (AvgIpc) is 2.63. The monoisotopic (exact) mass is 364 g/mol. The standard InChI is InChI=1S/C18H15ClF2N2O2/c19-14-11-12(5-6-16(14)21)17(24)22-7-9-23(10-8-22)18(25)13-3-1-2-4-15(13)20/h1-6,11H,7-10H2. The minimum absolute atomic E-state index is 0.0209. The molecule has 0 aromatic heterocycles. The van der Waals surface area contributed by atoms with Crippen LogP contribution >= 0.6 is 11.6 Å². The molecule has 2 aromatic carbocycles. The van der Waals surface area contributed by atoms with Crippen LogP contribution < -0.4 is 0 Å². The summed E-state index contributed by atoms with van der Waals surface area (Å²) in [5.74, 6) is -1.82. The van der Waals surface area contributed by atoms with Crippen LogP contribution in [0.1, 0.15) is 20.7 Å². The first-order valence-corrected chi connectivity index (χ1v) is 8.13. The molecule has 0 atom stereocenters. The molecule has 1 aliphatic rings. The molecule has 3 rings (SSSR count). The molecule has 7 heteroatoms. The van der Waals surface area contributed by atoms with Gasteiger partial charge in [0.15, 0.2) is 0 Å². The van der Waals surface area contributed by atoms with Crippen molar-refractivity contribution >= 4 is 23.4 Å². The molecule has 1 aliphatic heterocycles. The van der Waals surface area contributed by atoms with Gasteiger partial charge in [0.2, 0.25) is 0 Å². The molecule has 1 fully saturated rings. The lowest BCUT2D eigenvalue weighted by molar-refractivity contribution is 0.0533. The van der Waals surface area contributed by atoms with Crippen LogP contribution in [0.5, 0.6) is 0 Å². The van der Waals surface area contributed by atoms with E-state index in [0.29, 0.717) is 31.7 Å². The predicted molar refractivity (Wildman–Crippen MR) is 89.6 cm³/mol. The quantitative estimate of drug-likeness (QED) is 0.821. The average molecular weight is 365 g/mol. The zero-order chi connectivity index (χ0) is 18.0. The SMILES string of the molecule is O=C(c1ccc(F)c(Cl)c1)N1CCN(C(=O)c2ccccc2F)CC1. The Labute approximate surface area is 148 Å². The topological polar surface area (TPSA) is 40.6 Å². The molecular weight excluding hydrogens is 350 g/mol. The van der Waals surface area contributed by atoms with Crippen LogP contribution in [0.2, 0.25) is 5.02 Å². The molecule has 2 amide bonds. The van der Waals surface area contributed by atoms with Crippen molar-refractivity contribution in [1.29, 1.82) is 0 Å². The van der Waals surface area contributed by atoms with E-state index in [-0.39, 0.29) is 16.5 Å². The summed E-state index contributed by atoms with van der Waals surface area (Å²) >= 11 is 5.71. The smallest absolute Gasteiger partial charge is 0.256 e. The van der Waals surface area contributed by atoms with Crippen molar-refractivity contribution in [1.82, 2.24) is 9.80 Å². The predicted octanol–water partition coefficient (Wildman–Crippen LogP) is 3.22. The van der Waals surface area contributed by atoms with E-state index in [4.69, 9.17) is 11.6 Å². The van der Waals surface area contributed by atoms with Crippen LogP contribution in [-0.2, 0) is 0 Å². The highest BCUT2D eigenvalue weighted by Crippen LogP contribution is 2.18. The number of hydrogen-bond donors (Lipinski definition) is 0. The van der Waals surface area contributed by atoms with E-state index in [0.717, 1.165) is 6.07 Å². The van der Waals surface area contributed by atoms with E-state index in [1.807, 2.05) is 0 Å². The van der Waals surface area contributed by atoms with E-state index in [1.165, 1.54) is 35.2 Å². The third kappa shape index (κ3) is 3.64. The second-order valence-electron chi connectivity index (χ2n) is 5.69. The lowest BCUT2D eigenvalue weighted by Gasteiger charge is -2.35. The van der Waals surface area contributed by atoms with Gasteiger partial charge in [0.1, 0.15) is 11.6 Å². The molecule has 4 nitrogen and oxygen atoms in total.